The smallest absolute Gasteiger partial charge is 0.410 e. The number of carbonyl (C=O) groups excluding carboxylic acids is 1. The third-order valence-electron chi connectivity index (χ3n) is 6.20. The van der Waals surface area contributed by atoms with Crippen LogP contribution in [0, 0.1) is 6.92 Å². The molecular formula is C28H36N4O3. The number of aryl methyl sites for hydroxylation is 2. The molecule has 1 saturated heterocycles. The molecular weight excluding hydrogens is 440 g/mol. The Hall–Kier alpha value is -3.35. The summed E-state index contributed by atoms with van der Waals surface area (Å²) in [7, 11) is 0. The molecule has 1 amide bonds. The van der Waals surface area contributed by atoms with E-state index in [1.165, 1.54) is 0 Å². The van der Waals surface area contributed by atoms with Gasteiger partial charge in [-0.1, -0.05) is 31.5 Å². The molecule has 4 rings (SSSR count). The van der Waals surface area contributed by atoms with Crippen LogP contribution >= 0.6 is 0 Å². The Kier molecular flexibility index (Phi) is 7.15. The van der Waals surface area contributed by atoms with Gasteiger partial charge in [0.15, 0.2) is 0 Å². The summed E-state index contributed by atoms with van der Waals surface area (Å²) < 4.78 is 7.14. The van der Waals surface area contributed by atoms with Crippen LogP contribution in [0.2, 0.25) is 0 Å². The van der Waals surface area contributed by atoms with Crippen molar-refractivity contribution in [1.29, 1.82) is 0 Å². The molecule has 0 spiro atoms. The highest BCUT2D eigenvalue weighted by molar-refractivity contribution is 5.70. The van der Waals surface area contributed by atoms with E-state index in [0.717, 1.165) is 48.2 Å². The molecule has 0 saturated carbocycles. The van der Waals surface area contributed by atoms with E-state index in [-0.39, 0.29) is 17.7 Å². The van der Waals surface area contributed by atoms with E-state index in [9.17, 15) is 9.59 Å². The molecule has 1 atom stereocenters. The van der Waals surface area contributed by atoms with Gasteiger partial charge in [0.2, 0.25) is 0 Å². The monoisotopic (exact) mass is 476 g/mol. The van der Waals surface area contributed by atoms with Crippen molar-refractivity contribution >= 4 is 17.4 Å². The summed E-state index contributed by atoms with van der Waals surface area (Å²) in [5.41, 5.74) is 4.53. The number of hydrogen-bond acceptors (Lipinski definition) is 5. The Labute approximate surface area is 207 Å². The average Bonchev–Trinajstić information content (AvgIpc) is 3.27. The van der Waals surface area contributed by atoms with Crippen LogP contribution in [0.1, 0.15) is 58.2 Å². The van der Waals surface area contributed by atoms with E-state index >= 15 is 0 Å². The predicted molar refractivity (Wildman–Crippen MR) is 140 cm³/mol. The van der Waals surface area contributed by atoms with Crippen LogP contribution in [-0.2, 0) is 11.2 Å². The number of anilines is 1. The third-order valence-corrected chi connectivity index (χ3v) is 6.20. The molecule has 0 bridgehead atoms. The minimum absolute atomic E-state index is 0.0330. The first-order chi connectivity index (χ1) is 16.6. The van der Waals surface area contributed by atoms with Gasteiger partial charge in [-0.2, -0.15) is 0 Å². The van der Waals surface area contributed by atoms with Gasteiger partial charge < -0.3 is 15.0 Å². The van der Waals surface area contributed by atoms with E-state index in [1.807, 2.05) is 70.3 Å². The second kappa shape index (κ2) is 10.1. The Morgan fingerprint density at radius 3 is 2.60 bits per heavy atom. The van der Waals surface area contributed by atoms with Crippen LogP contribution < -0.4 is 10.9 Å². The molecule has 1 fully saturated rings. The molecule has 1 aliphatic rings. The normalized spacial score (nSPS) is 16.0. The highest BCUT2D eigenvalue weighted by Gasteiger charge is 2.29. The van der Waals surface area contributed by atoms with Crippen molar-refractivity contribution in [3.05, 3.63) is 64.2 Å². The van der Waals surface area contributed by atoms with Crippen LogP contribution in [0.3, 0.4) is 0 Å². The van der Waals surface area contributed by atoms with Gasteiger partial charge in [0, 0.05) is 31.0 Å². The van der Waals surface area contributed by atoms with Gasteiger partial charge in [-0.05, 0) is 76.3 Å². The van der Waals surface area contributed by atoms with Crippen LogP contribution in [0.4, 0.5) is 10.5 Å². The highest BCUT2D eigenvalue weighted by Crippen LogP contribution is 2.25. The van der Waals surface area contributed by atoms with Crippen molar-refractivity contribution in [3.63, 3.8) is 0 Å². The summed E-state index contributed by atoms with van der Waals surface area (Å²) in [5, 5.41) is 3.52. The number of unbranched alkanes of at least 4 members (excludes halogenated alkanes) is 1. The number of aromatic nitrogens is 2. The van der Waals surface area contributed by atoms with Crippen LogP contribution in [0.5, 0.6) is 0 Å². The van der Waals surface area contributed by atoms with E-state index < -0.39 is 5.60 Å². The maximum atomic E-state index is 13.5. The topological polar surface area (TPSA) is 75.9 Å². The molecule has 0 aliphatic carbocycles. The summed E-state index contributed by atoms with van der Waals surface area (Å²) in [6, 6.07) is 12.0. The van der Waals surface area contributed by atoms with Crippen molar-refractivity contribution in [2.45, 2.75) is 71.9 Å². The Bertz CT molecular complexity index is 1260. The first kappa shape index (κ1) is 24.8. The third kappa shape index (κ3) is 5.84. The number of nitrogens with one attached hydrogen (secondary N) is 1. The van der Waals surface area contributed by atoms with Gasteiger partial charge in [-0.15, -0.1) is 0 Å². The minimum atomic E-state index is -0.497. The van der Waals surface area contributed by atoms with Gasteiger partial charge in [0.25, 0.3) is 5.56 Å². The molecule has 7 nitrogen and oxygen atoms in total. The molecule has 2 aromatic heterocycles. The van der Waals surface area contributed by atoms with Gasteiger partial charge in [-0.3, -0.25) is 9.20 Å². The summed E-state index contributed by atoms with van der Waals surface area (Å²) in [6.07, 6.45) is 5.24. The first-order valence-electron chi connectivity index (χ1n) is 12.5. The van der Waals surface area contributed by atoms with E-state index in [1.54, 1.807) is 9.30 Å². The maximum absolute atomic E-state index is 13.5. The number of ether oxygens (including phenoxy) is 1. The minimum Gasteiger partial charge on any atom is -0.444 e. The van der Waals surface area contributed by atoms with Crippen LogP contribution in [0.25, 0.3) is 16.8 Å². The van der Waals surface area contributed by atoms with Crippen molar-refractivity contribution in [2.75, 3.05) is 18.4 Å². The lowest BCUT2D eigenvalue weighted by Gasteiger charge is -2.24. The van der Waals surface area contributed by atoms with Gasteiger partial charge in [0.05, 0.1) is 11.3 Å². The van der Waals surface area contributed by atoms with Gasteiger partial charge >= 0.3 is 6.09 Å². The number of rotatable bonds is 6. The van der Waals surface area contributed by atoms with Crippen molar-refractivity contribution in [3.8, 4) is 11.1 Å². The Balaban J connectivity index is 1.54. The standard InChI is InChI=1S/C28H36N4O3/c1-6-7-8-23-25(26(33)32-17-19(2)9-14-24(32)30-23)20-10-12-21(13-11-20)29-22-15-16-31(18-22)27(34)35-28(3,4)5/h9-14,17,22,29H,6-8,15-16,18H2,1-5H3. The predicted octanol–water partition coefficient (Wildman–Crippen LogP) is 5.43. The van der Waals surface area contributed by atoms with Crippen molar-refractivity contribution in [1.82, 2.24) is 14.3 Å². The fourth-order valence-corrected chi connectivity index (χ4v) is 4.45. The fraction of sp³-hybridized carbons (Fsp3) is 0.464. The summed E-state index contributed by atoms with van der Waals surface area (Å²) in [4.78, 5) is 32.4. The van der Waals surface area contributed by atoms with Crippen LogP contribution in [0.15, 0.2) is 47.4 Å². The molecule has 1 aliphatic heterocycles. The lowest BCUT2D eigenvalue weighted by Crippen LogP contribution is -2.36. The number of benzene rings is 1. The molecule has 3 heterocycles. The molecule has 1 unspecified atom stereocenters. The lowest BCUT2D eigenvalue weighted by molar-refractivity contribution is 0.0293. The van der Waals surface area contributed by atoms with E-state index in [4.69, 9.17) is 9.72 Å². The molecule has 0 radical (unpaired) electrons. The number of amides is 1. The summed E-state index contributed by atoms with van der Waals surface area (Å²) in [6.45, 7) is 11.0. The van der Waals surface area contributed by atoms with Gasteiger partial charge in [0.1, 0.15) is 11.2 Å². The molecule has 1 aromatic carbocycles. The zero-order valence-corrected chi connectivity index (χ0v) is 21.4. The zero-order chi connectivity index (χ0) is 25.2. The van der Waals surface area contributed by atoms with E-state index in [0.29, 0.717) is 24.3 Å². The summed E-state index contributed by atoms with van der Waals surface area (Å²) in [5.74, 6) is 0. The van der Waals surface area contributed by atoms with Crippen LogP contribution in [-0.4, -0.2) is 45.1 Å². The number of likely N-dealkylation sites (tertiary alicyclic amines) is 1. The molecule has 35 heavy (non-hydrogen) atoms. The van der Waals surface area contributed by atoms with Crippen molar-refractivity contribution < 1.29 is 9.53 Å². The number of fused-ring (bicyclic) bond motifs is 1. The average molecular weight is 477 g/mol. The SMILES string of the molecule is CCCCc1nc2ccc(C)cn2c(=O)c1-c1ccc(NC2CCN(C(=O)OC(C)(C)C)C2)cc1. The lowest BCUT2D eigenvalue weighted by atomic mass is 10.0. The van der Waals surface area contributed by atoms with E-state index in [2.05, 4.69) is 12.2 Å². The number of hydrogen-bond donors (Lipinski definition) is 1. The summed E-state index contributed by atoms with van der Waals surface area (Å²) >= 11 is 0. The number of pyridine rings is 1. The highest BCUT2D eigenvalue weighted by atomic mass is 16.6. The maximum Gasteiger partial charge on any atom is 0.410 e. The quantitative estimate of drug-likeness (QED) is 0.513. The second-order valence-electron chi connectivity index (χ2n) is 10.4. The fourth-order valence-electron chi connectivity index (χ4n) is 4.45. The first-order valence-corrected chi connectivity index (χ1v) is 12.5. The largest absolute Gasteiger partial charge is 0.444 e. The molecule has 7 heteroatoms. The zero-order valence-electron chi connectivity index (χ0n) is 21.4. The van der Waals surface area contributed by atoms with Crippen molar-refractivity contribution in [2.24, 2.45) is 0 Å². The molecule has 3 aromatic rings. The molecule has 1 N–H and O–H groups in total. The number of nitrogens with zero attached hydrogens (tertiary/aromatic N) is 3. The van der Waals surface area contributed by atoms with Gasteiger partial charge in [-0.25, -0.2) is 9.78 Å². The number of carbonyl (C=O) groups is 1. The second-order valence-corrected chi connectivity index (χ2v) is 10.4. The Morgan fingerprint density at radius 2 is 1.91 bits per heavy atom. The molecule has 186 valence electrons. The Morgan fingerprint density at radius 1 is 1.17 bits per heavy atom.